The average molecular weight is 207 g/mol. The van der Waals surface area contributed by atoms with Gasteiger partial charge in [-0.05, 0) is 39.0 Å². The molecule has 0 aliphatic rings. The molecular formula is C12H17NS. The Morgan fingerprint density at radius 3 is 2.36 bits per heavy atom. The highest BCUT2D eigenvalue weighted by Gasteiger charge is 1.98. The zero-order chi connectivity index (χ0) is 10.8. The maximum absolute atomic E-state index is 3.99. The van der Waals surface area contributed by atoms with Crippen molar-refractivity contribution in [3.05, 3.63) is 46.4 Å². The summed E-state index contributed by atoms with van der Waals surface area (Å²) in [7, 11) is 0. The Bertz CT molecular complexity index is 283. The van der Waals surface area contributed by atoms with Crippen LogP contribution in [0.25, 0.3) is 0 Å². The molecule has 0 rings (SSSR count). The van der Waals surface area contributed by atoms with Crippen molar-refractivity contribution in [2.45, 2.75) is 20.8 Å². The predicted octanol–water partition coefficient (Wildman–Crippen LogP) is 4.32. The van der Waals surface area contributed by atoms with E-state index in [0.29, 0.717) is 0 Å². The van der Waals surface area contributed by atoms with Crippen LogP contribution in [0, 0.1) is 0 Å². The van der Waals surface area contributed by atoms with Crippen molar-refractivity contribution >= 4 is 18.5 Å². The molecule has 0 N–H and O–H groups in total. The van der Waals surface area contributed by atoms with Crippen LogP contribution in [0.4, 0.5) is 0 Å². The van der Waals surface area contributed by atoms with Crippen LogP contribution in [0.3, 0.4) is 0 Å². The first kappa shape index (κ1) is 13.0. The molecule has 0 aliphatic carbocycles. The summed E-state index contributed by atoms with van der Waals surface area (Å²) in [6.45, 7) is 9.54. The van der Waals surface area contributed by atoms with E-state index in [9.17, 15) is 0 Å². The molecule has 14 heavy (non-hydrogen) atoms. The van der Waals surface area contributed by atoms with Gasteiger partial charge in [0.05, 0.1) is 5.70 Å². The van der Waals surface area contributed by atoms with E-state index in [2.05, 4.69) is 11.7 Å². The van der Waals surface area contributed by atoms with Crippen LogP contribution < -0.4 is 0 Å². The molecule has 0 atom stereocenters. The Kier molecular flexibility index (Phi) is 7.95. The second kappa shape index (κ2) is 8.57. The Morgan fingerprint density at radius 2 is 1.93 bits per heavy atom. The first-order chi connectivity index (χ1) is 6.79. The molecule has 0 bridgehead atoms. The Balaban J connectivity index is 4.71. The van der Waals surface area contributed by atoms with Gasteiger partial charge >= 0.3 is 0 Å². The fourth-order valence-corrected chi connectivity index (χ4v) is 1.49. The van der Waals surface area contributed by atoms with Crippen molar-refractivity contribution in [2.24, 2.45) is 4.99 Å². The first-order valence-corrected chi connectivity index (χ1v) is 5.42. The van der Waals surface area contributed by atoms with Crippen molar-refractivity contribution in [3.63, 3.8) is 0 Å². The maximum atomic E-state index is 3.99. The van der Waals surface area contributed by atoms with Gasteiger partial charge in [0.1, 0.15) is 0 Å². The molecule has 0 heterocycles. The summed E-state index contributed by atoms with van der Waals surface area (Å²) >= 11 is 1.65. The highest BCUT2D eigenvalue weighted by molar-refractivity contribution is 8.06. The lowest BCUT2D eigenvalue weighted by atomic mass is 10.3. The van der Waals surface area contributed by atoms with Gasteiger partial charge in [0.25, 0.3) is 0 Å². The SMILES string of the molecule is C=NC(=C\C=C/C)/C(=C\C)S/C=C\C. The number of hydrogen-bond donors (Lipinski definition) is 0. The highest BCUT2D eigenvalue weighted by atomic mass is 32.2. The van der Waals surface area contributed by atoms with Gasteiger partial charge in [-0.3, -0.25) is 4.99 Å². The molecular weight excluding hydrogens is 190 g/mol. The second-order valence-electron chi connectivity index (χ2n) is 2.48. The summed E-state index contributed by atoms with van der Waals surface area (Å²) in [4.78, 5) is 5.11. The van der Waals surface area contributed by atoms with Crippen molar-refractivity contribution in [3.8, 4) is 0 Å². The summed E-state index contributed by atoms with van der Waals surface area (Å²) < 4.78 is 0. The van der Waals surface area contributed by atoms with Gasteiger partial charge in [0, 0.05) is 4.91 Å². The third kappa shape index (κ3) is 4.87. The standard InChI is InChI=1S/C12H17NS/c1-5-8-9-11(13-4)12(7-3)14-10-6-2/h5-10H,4H2,1-3H3/b8-5-,10-6-,11-9-,12-7+. The molecule has 0 spiro atoms. The van der Waals surface area contributed by atoms with E-state index in [0.717, 1.165) is 10.6 Å². The first-order valence-electron chi connectivity index (χ1n) is 4.54. The third-order valence-electron chi connectivity index (χ3n) is 1.46. The summed E-state index contributed by atoms with van der Waals surface area (Å²) in [6, 6.07) is 0. The number of nitrogens with zero attached hydrogens (tertiary/aromatic N) is 1. The van der Waals surface area contributed by atoms with E-state index in [-0.39, 0.29) is 0 Å². The van der Waals surface area contributed by atoms with Gasteiger partial charge in [0.15, 0.2) is 0 Å². The zero-order valence-electron chi connectivity index (χ0n) is 9.03. The van der Waals surface area contributed by atoms with E-state index >= 15 is 0 Å². The third-order valence-corrected chi connectivity index (χ3v) is 2.57. The van der Waals surface area contributed by atoms with E-state index < -0.39 is 0 Å². The van der Waals surface area contributed by atoms with Crippen molar-refractivity contribution in [1.29, 1.82) is 0 Å². The van der Waals surface area contributed by atoms with E-state index in [1.54, 1.807) is 11.8 Å². The molecule has 76 valence electrons. The minimum atomic E-state index is 0.911. The topological polar surface area (TPSA) is 12.4 Å². The second-order valence-corrected chi connectivity index (χ2v) is 3.42. The Hall–Kier alpha value is -1.02. The fourth-order valence-electron chi connectivity index (χ4n) is 0.818. The van der Waals surface area contributed by atoms with E-state index in [1.807, 2.05) is 56.6 Å². The van der Waals surface area contributed by atoms with Crippen molar-refractivity contribution in [1.82, 2.24) is 0 Å². The molecule has 0 aromatic carbocycles. The lowest BCUT2D eigenvalue weighted by Gasteiger charge is -2.02. The van der Waals surface area contributed by atoms with Gasteiger partial charge in [-0.1, -0.05) is 36.1 Å². The number of rotatable bonds is 5. The molecule has 0 saturated carbocycles. The van der Waals surface area contributed by atoms with Crippen LogP contribution in [0.1, 0.15) is 20.8 Å². The quantitative estimate of drug-likeness (QED) is 0.483. The molecule has 0 unspecified atom stereocenters. The minimum absolute atomic E-state index is 0.911. The summed E-state index contributed by atoms with van der Waals surface area (Å²) in [6.07, 6.45) is 9.93. The largest absolute Gasteiger partial charge is 0.263 e. The monoisotopic (exact) mass is 207 g/mol. The van der Waals surface area contributed by atoms with Crippen molar-refractivity contribution in [2.75, 3.05) is 0 Å². The van der Waals surface area contributed by atoms with Gasteiger partial charge in [-0.15, -0.1) is 0 Å². The van der Waals surface area contributed by atoms with Crippen LogP contribution in [-0.2, 0) is 0 Å². The van der Waals surface area contributed by atoms with Gasteiger partial charge < -0.3 is 0 Å². The molecule has 1 nitrogen and oxygen atoms in total. The molecule has 0 fully saturated rings. The number of aliphatic imine (C=N–C) groups is 1. The Labute approximate surface area is 91.0 Å². The molecule has 2 heteroatoms. The number of hydrogen-bond acceptors (Lipinski definition) is 2. The summed E-state index contributed by atoms with van der Waals surface area (Å²) in [5.41, 5.74) is 0.911. The Morgan fingerprint density at radius 1 is 1.21 bits per heavy atom. The molecule has 0 aliphatic heterocycles. The van der Waals surface area contributed by atoms with Crippen LogP contribution >= 0.6 is 11.8 Å². The zero-order valence-corrected chi connectivity index (χ0v) is 9.84. The highest BCUT2D eigenvalue weighted by Crippen LogP contribution is 2.25. The van der Waals surface area contributed by atoms with Gasteiger partial charge in [-0.2, -0.15) is 0 Å². The smallest absolute Gasteiger partial charge is 0.0758 e. The lowest BCUT2D eigenvalue weighted by Crippen LogP contribution is -1.79. The van der Waals surface area contributed by atoms with Gasteiger partial charge in [-0.25, -0.2) is 0 Å². The lowest BCUT2D eigenvalue weighted by molar-refractivity contribution is 1.40. The average Bonchev–Trinajstić information content (AvgIpc) is 2.23. The van der Waals surface area contributed by atoms with Gasteiger partial charge in [0.2, 0.25) is 0 Å². The van der Waals surface area contributed by atoms with Crippen LogP contribution in [-0.4, -0.2) is 6.72 Å². The van der Waals surface area contributed by atoms with Crippen LogP contribution in [0.15, 0.2) is 51.4 Å². The molecule has 0 aromatic rings. The molecule has 0 amide bonds. The maximum Gasteiger partial charge on any atom is 0.0758 e. The van der Waals surface area contributed by atoms with E-state index in [1.165, 1.54) is 0 Å². The van der Waals surface area contributed by atoms with Crippen molar-refractivity contribution < 1.29 is 0 Å². The fraction of sp³-hybridized carbons (Fsp3) is 0.250. The predicted molar refractivity (Wildman–Crippen MR) is 68.6 cm³/mol. The molecule has 0 saturated heterocycles. The van der Waals surface area contributed by atoms with E-state index in [4.69, 9.17) is 0 Å². The number of thioether (sulfide) groups is 1. The number of allylic oxidation sites excluding steroid dienone is 5. The van der Waals surface area contributed by atoms with Crippen LogP contribution in [0.2, 0.25) is 0 Å². The minimum Gasteiger partial charge on any atom is -0.263 e. The summed E-state index contributed by atoms with van der Waals surface area (Å²) in [5.74, 6) is 0. The summed E-state index contributed by atoms with van der Waals surface area (Å²) in [5, 5.41) is 2.03. The normalized spacial score (nSPS) is 14.2. The molecule has 0 aromatic heterocycles. The molecule has 0 radical (unpaired) electrons. The van der Waals surface area contributed by atoms with Crippen LogP contribution in [0.5, 0.6) is 0 Å².